The molecule has 1 saturated carbocycles. The van der Waals surface area contributed by atoms with Gasteiger partial charge in [-0.2, -0.15) is 13.2 Å². The Balaban J connectivity index is 1.68. The number of nitrogens with zero attached hydrogens (tertiary/aromatic N) is 2. The number of rotatable bonds is 6. The Hall–Kier alpha value is -3.16. The van der Waals surface area contributed by atoms with Crippen LogP contribution in [-0.4, -0.2) is 40.6 Å². The molecule has 168 valence electrons. The number of carbonyl (C=O) groups excluding carboxylic acids is 3. The summed E-state index contributed by atoms with van der Waals surface area (Å²) in [6, 6.07) is 13.4. The van der Waals surface area contributed by atoms with Gasteiger partial charge in [0.25, 0.3) is 0 Å². The number of imide groups is 1. The van der Waals surface area contributed by atoms with Crippen LogP contribution in [0.15, 0.2) is 54.6 Å². The van der Waals surface area contributed by atoms with E-state index in [0.29, 0.717) is 12.8 Å². The van der Waals surface area contributed by atoms with Gasteiger partial charge in [0, 0.05) is 32.5 Å². The minimum atomic E-state index is -4.60. The molecule has 2 aromatic carbocycles. The van der Waals surface area contributed by atoms with E-state index in [4.69, 9.17) is 0 Å². The van der Waals surface area contributed by atoms with E-state index in [0.717, 1.165) is 22.6 Å². The smallest absolute Gasteiger partial charge is 0.341 e. The first-order valence-corrected chi connectivity index (χ1v) is 10.4. The minimum absolute atomic E-state index is 0.0512. The summed E-state index contributed by atoms with van der Waals surface area (Å²) in [5.41, 5.74) is -1.62. The van der Waals surface area contributed by atoms with Crippen molar-refractivity contribution in [1.29, 1.82) is 0 Å². The maximum Gasteiger partial charge on any atom is 0.416 e. The molecule has 3 amide bonds. The van der Waals surface area contributed by atoms with Gasteiger partial charge >= 0.3 is 6.18 Å². The summed E-state index contributed by atoms with van der Waals surface area (Å²) in [5, 5.41) is 0. The highest BCUT2D eigenvalue weighted by Gasteiger charge is 2.57. The molecule has 1 unspecified atom stereocenters. The lowest BCUT2D eigenvalue weighted by atomic mass is 9.75. The van der Waals surface area contributed by atoms with Gasteiger partial charge in [-0.3, -0.25) is 19.3 Å². The molecule has 5 nitrogen and oxygen atoms in total. The van der Waals surface area contributed by atoms with Crippen LogP contribution in [0.25, 0.3) is 0 Å². The summed E-state index contributed by atoms with van der Waals surface area (Å²) in [5.74, 6) is -1.43. The number of hydrogen-bond acceptors (Lipinski definition) is 3. The highest BCUT2D eigenvalue weighted by molar-refractivity contribution is 6.11. The Morgan fingerprint density at radius 1 is 1.09 bits per heavy atom. The quantitative estimate of drug-likeness (QED) is 0.635. The Kier molecular flexibility index (Phi) is 5.56. The molecule has 1 aliphatic heterocycles. The van der Waals surface area contributed by atoms with Crippen molar-refractivity contribution in [3.8, 4) is 0 Å². The van der Waals surface area contributed by atoms with Crippen molar-refractivity contribution in [2.75, 3.05) is 7.05 Å². The predicted molar refractivity (Wildman–Crippen MR) is 110 cm³/mol. The molecular weight excluding hydrogens is 421 g/mol. The number of alkyl halides is 3. The first-order valence-electron chi connectivity index (χ1n) is 10.4. The molecule has 0 N–H and O–H groups in total. The molecule has 1 heterocycles. The lowest BCUT2D eigenvalue weighted by Crippen LogP contribution is -2.43. The monoisotopic (exact) mass is 444 g/mol. The van der Waals surface area contributed by atoms with E-state index in [2.05, 4.69) is 0 Å². The normalized spacial score (nSPS) is 21.2. The standard InChI is InChI=1S/C24H23F3N2O3/c1-28(15-16-6-3-2-4-7-16)20(30)13-23(14-21(31)29(22(23)32)19-10-11-19)17-8-5-9-18(12-17)24(25,26)27/h2-9,12,19H,10-11,13-15H2,1H3. The summed E-state index contributed by atoms with van der Waals surface area (Å²) < 4.78 is 40.1. The molecule has 1 saturated heterocycles. The van der Waals surface area contributed by atoms with Crippen LogP contribution in [0.5, 0.6) is 0 Å². The maximum absolute atomic E-state index is 13.5. The molecule has 0 aromatic heterocycles. The topological polar surface area (TPSA) is 57.7 Å². The third kappa shape index (κ3) is 4.13. The minimum Gasteiger partial charge on any atom is -0.341 e. The highest BCUT2D eigenvalue weighted by atomic mass is 19.4. The third-order valence-corrected chi connectivity index (χ3v) is 6.15. The second-order valence-electron chi connectivity index (χ2n) is 8.55. The lowest BCUT2D eigenvalue weighted by molar-refractivity contribution is -0.143. The van der Waals surface area contributed by atoms with Gasteiger partial charge in [0.05, 0.1) is 11.0 Å². The summed E-state index contributed by atoms with van der Waals surface area (Å²) in [6.45, 7) is 0.285. The van der Waals surface area contributed by atoms with Crippen molar-refractivity contribution < 1.29 is 27.6 Å². The van der Waals surface area contributed by atoms with Gasteiger partial charge in [0.15, 0.2) is 0 Å². The number of benzene rings is 2. The van der Waals surface area contributed by atoms with Gasteiger partial charge in [-0.15, -0.1) is 0 Å². The fraction of sp³-hybridized carbons (Fsp3) is 0.375. The van der Waals surface area contributed by atoms with E-state index >= 15 is 0 Å². The maximum atomic E-state index is 13.5. The van der Waals surface area contributed by atoms with E-state index in [9.17, 15) is 27.6 Å². The zero-order valence-electron chi connectivity index (χ0n) is 17.6. The molecule has 2 fully saturated rings. The van der Waals surface area contributed by atoms with Crippen molar-refractivity contribution >= 4 is 17.7 Å². The van der Waals surface area contributed by atoms with Crippen molar-refractivity contribution in [2.24, 2.45) is 0 Å². The van der Waals surface area contributed by atoms with Crippen LogP contribution in [0, 0.1) is 0 Å². The molecule has 8 heteroatoms. The summed E-state index contributed by atoms with van der Waals surface area (Å²) in [6.07, 6.45) is -3.93. The van der Waals surface area contributed by atoms with Crippen LogP contribution in [-0.2, 0) is 32.5 Å². The number of amides is 3. The highest BCUT2D eigenvalue weighted by Crippen LogP contribution is 2.45. The Labute approximate surface area is 183 Å². The molecule has 0 bridgehead atoms. The lowest BCUT2D eigenvalue weighted by Gasteiger charge is -2.30. The number of likely N-dealkylation sites (tertiary alicyclic amines) is 1. The van der Waals surface area contributed by atoms with E-state index in [1.807, 2.05) is 30.3 Å². The zero-order valence-corrected chi connectivity index (χ0v) is 17.6. The number of carbonyl (C=O) groups is 3. The molecule has 1 aliphatic carbocycles. The van der Waals surface area contributed by atoms with Gasteiger partial charge in [0.1, 0.15) is 0 Å². The van der Waals surface area contributed by atoms with Gasteiger partial charge < -0.3 is 4.90 Å². The molecule has 0 radical (unpaired) electrons. The average molecular weight is 444 g/mol. The Bertz CT molecular complexity index is 1050. The van der Waals surface area contributed by atoms with E-state index < -0.39 is 34.9 Å². The second-order valence-corrected chi connectivity index (χ2v) is 8.55. The van der Waals surface area contributed by atoms with Crippen LogP contribution in [0.3, 0.4) is 0 Å². The van der Waals surface area contributed by atoms with Crippen LogP contribution in [0.1, 0.15) is 42.4 Å². The zero-order chi connectivity index (χ0) is 23.1. The molecule has 1 atom stereocenters. The van der Waals surface area contributed by atoms with Gasteiger partial charge in [-0.25, -0.2) is 0 Å². The Morgan fingerprint density at radius 2 is 1.78 bits per heavy atom. The van der Waals surface area contributed by atoms with Crippen molar-refractivity contribution in [3.63, 3.8) is 0 Å². The van der Waals surface area contributed by atoms with E-state index in [1.165, 1.54) is 17.0 Å². The fourth-order valence-electron chi connectivity index (χ4n) is 4.26. The van der Waals surface area contributed by atoms with Crippen LogP contribution >= 0.6 is 0 Å². The van der Waals surface area contributed by atoms with Crippen LogP contribution in [0.2, 0.25) is 0 Å². The van der Waals surface area contributed by atoms with Gasteiger partial charge in [-0.05, 0) is 30.0 Å². The van der Waals surface area contributed by atoms with Crippen molar-refractivity contribution in [3.05, 3.63) is 71.3 Å². The number of halogens is 3. The largest absolute Gasteiger partial charge is 0.416 e. The average Bonchev–Trinajstić information content (AvgIpc) is 3.54. The summed E-state index contributed by atoms with van der Waals surface area (Å²) >= 11 is 0. The molecule has 2 aliphatic rings. The second kappa shape index (κ2) is 8.07. The van der Waals surface area contributed by atoms with Crippen molar-refractivity contribution in [2.45, 2.75) is 49.9 Å². The third-order valence-electron chi connectivity index (χ3n) is 6.15. The molecule has 32 heavy (non-hydrogen) atoms. The molecular formula is C24H23F3N2O3. The molecule has 4 rings (SSSR count). The fourth-order valence-corrected chi connectivity index (χ4v) is 4.26. The van der Waals surface area contributed by atoms with Crippen LogP contribution in [0.4, 0.5) is 13.2 Å². The van der Waals surface area contributed by atoms with E-state index in [1.54, 1.807) is 7.05 Å². The summed E-state index contributed by atoms with van der Waals surface area (Å²) in [4.78, 5) is 41.9. The van der Waals surface area contributed by atoms with Crippen LogP contribution < -0.4 is 0 Å². The summed E-state index contributed by atoms with van der Waals surface area (Å²) in [7, 11) is 1.58. The first-order chi connectivity index (χ1) is 15.1. The molecule has 2 aromatic rings. The van der Waals surface area contributed by atoms with E-state index in [-0.39, 0.29) is 31.0 Å². The first kappa shape index (κ1) is 22.0. The van der Waals surface area contributed by atoms with Gasteiger partial charge in [0.2, 0.25) is 17.7 Å². The predicted octanol–water partition coefficient (Wildman–Crippen LogP) is 3.91. The number of hydrogen-bond donors (Lipinski definition) is 0. The Morgan fingerprint density at radius 3 is 2.41 bits per heavy atom. The molecule has 0 spiro atoms. The SMILES string of the molecule is CN(Cc1ccccc1)C(=O)CC1(c2cccc(C(F)(F)F)c2)CC(=O)N(C2CC2)C1=O. The van der Waals surface area contributed by atoms with Crippen molar-refractivity contribution in [1.82, 2.24) is 9.80 Å². The van der Waals surface area contributed by atoms with Gasteiger partial charge in [-0.1, -0.05) is 48.5 Å².